The third-order valence-corrected chi connectivity index (χ3v) is 5.23. The van der Waals surface area contributed by atoms with Crippen LogP contribution >= 0.6 is 0 Å². The lowest BCUT2D eigenvalue weighted by Gasteiger charge is -2.40. The highest BCUT2D eigenvalue weighted by Crippen LogP contribution is 2.32. The van der Waals surface area contributed by atoms with Crippen LogP contribution in [-0.4, -0.2) is 45.5 Å². The lowest BCUT2D eigenvalue weighted by Crippen LogP contribution is -2.60. The number of H-pyrrole nitrogens is 1. The molecule has 1 N–H and O–H groups in total. The molecule has 5 rings (SSSR count). The Morgan fingerprint density at radius 2 is 2.04 bits per heavy atom. The van der Waals surface area contributed by atoms with Crippen LogP contribution in [0.4, 0.5) is 0 Å². The van der Waals surface area contributed by atoms with E-state index in [1.54, 1.807) is 11.0 Å². The lowest BCUT2D eigenvalue weighted by atomic mass is 9.94. The minimum absolute atomic E-state index is 0.0545. The first-order valence-corrected chi connectivity index (χ1v) is 8.90. The number of para-hydroxylation sites is 1. The molecule has 1 saturated heterocycles. The number of aromatic nitrogens is 1. The van der Waals surface area contributed by atoms with Crippen molar-refractivity contribution in [2.24, 2.45) is 5.10 Å². The summed E-state index contributed by atoms with van der Waals surface area (Å²) in [5.74, 6) is 1.06. The van der Waals surface area contributed by atoms with Crippen LogP contribution < -0.4 is 0 Å². The molecule has 1 fully saturated rings. The smallest absolute Gasteiger partial charge is 0.266 e. The molecule has 1 aromatic carbocycles. The van der Waals surface area contributed by atoms with E-state index in [-0.39, 0.29) is 18.4 Å². The van der Waals surface area contributed by atoms with Crippen LogP contribution in [0.25, 0.3) is 10.9 Å². The summed E-state index contributed by atoms with van der Waals surface area (Å²) < 4.78 is 5.44. The van der Waals surface area contributed by atoms with Gasteiger partial charge in [0.1, 0.15) is 24.1 Å². The Bertz CT molecular complexity index is 1090. The van der Waals surface area contributed by atoms with Crippen molar-refractivity contribution in [2.75, 3.05) is 6.54 Å². The van der Waals surface area contributed by atoms with Gasteiger partial charge < -0.3 is 14.3 Å². The van der Waals surface area contributed by atoms with Crippen molar-refractivity contribution in [1.29, 1.82) is 0 Å². The summed E-state index contributed by atoms with van der Waals surface area (Å²) in [6, 6.07) is 11.1. The first-order valence-electron chi connectivity index (χ1n) is 8.90. The number of carbonyl (C=O) groups is 2. The van der Waals surface area contributed by atoms with Gasteiger partial charge in [-0.15, -0.1) is 0 Å². The quantitative estimate of drug-likeness (QED) is 0.710. The number of fused-ring (bicyclic) bond motifs is 4. The first kappa shape index (κ1) is 15.9. The molecule has 136 valence electrons. The molecule has 0 radical (unpaired) electrons. The maximum atomic E-state index is 13.0. The number of rotatable bonds is 2. The minimum Gasteiger partial charge on any atom is -0.460 e. The molecule has 7 nitrogen and oxygen atoms in total. The molecule has 7 heteroatoms. The summed E-state index contributed by atoms with van der Waals surface area (Å²) in [5, 5.41) is 6.57. The third kappa shape index (κ3) is 2.54. The van der Waals surface area contributed by atoms with Gasteiger partial charge in [-0.2, -0.15) is 5.10 Å². The monoisotopic (exact) mass is 362 g/mol. The second kappa shape index (κ2) is 5.84. The normalized spacial score (nSPS) is 19.8. The largest absolute Gasteiger partial charge is 0.460 e. The van der Waals surface area contributed by atoms with E-state index in [9.17, 15) is 9.59 Å². The van der Waals surface area contributed by atoms with Crippen molar-refractivity contribution >= 4 is 28.9 Å². The summed E-state index contributed by atoms with van der Waals surface area (Å²) >= 11 is 0. The Kier molecular flexibility index (Phi) is 3.43. The second-order valence-corrected chi connectivity index (χ2v) is 6.96. The molecule has 1 atom stereocenters. The number of carbonyl (C=O) groups excluding carboxylic acids is 2. The van der Waals surface area contributed by atoms with Crippen LogP contribution in [0.3, 0.4) is 0 Å². The standard InChI is InChI=1S/C20H18N4O3/c1-12-6-7-13(27-12)9-21-24-11-19(25)23-10-17-15(8-18(23)20(24)26)14-4-2-3-5-16(14)22-17/h2-7,9,18,22H,8,10-11H2,1H3. The Morgan fingerprint density at radius 3 is 2.85 bits per heavy atom. The van der Waals surface area contributed by atoms with Crippen molar-refractivity contribution in [3.63, 3.8) is 0 Å². The molecule has 3 aromatic rings. The second-order valence-electron chi connectivity index (χ2n) is 6.96. The van der Waals surface area contributed by atoms with Crippen LogP contribution in [0.2, 0.25) is 0 Å². The first-order chi connectivity index (χ1) is 13.1. The SMILES string of the molecule is Cc1ccc(C=NN2CC(=O)N3Cc4[nH]c5ccccc5c4CC3C2=O)o1. The van der Waals surface area contributed by atoms with Gasteiger partial charge in [0.2, 0.25) is 5.91 Å². The van der Waals surface area contributed by atoms with Gasteiger partial charge in [-0.25, -0.2) is 5.01 Å². The molecule has 27 heavy (non-hydrogen) atoms. The van der Waals surface area contributed by atoms with Crippen LogP contribution in [0.1, 0.15) is 22.8 Å². The van der Waals surface area contributed by atoms with Gasteiger partial charge in [0.05, 0.1) is 12.8 Å². The zero-order chi connectivity index (χ0) is 18.5. The summed E-state index contributed by atoms with van der Waals surface area (Å²) in [6.45, 7) is 2.21. The molecule has 2 amide bonds. The third-order valence-electron chi connectivity index (χ3n) is 5.23. The number of amides is 2. The number of aryl methyl sites for hydroxylation is 1. The van der Waals surface area contributed by atoms with Gasteiger partial charge in [-0.05, 0) is 30.7 Å². The molecule has 0 spiro atoms. The van der Waals surface area contributed by atoms with Crippen molar-refractivity contribution in [2.45, 2.75) is 25.9 Å². The van der Waals surface area contributed by atoms with Gasteiger partial charge in [0.15, 0.2) is 0 Å². The van der Waals surface area contributed by atoms with Gasteiger partial charge in [-0.1, -0.05) is 18.2 Å². The number of hydrogen-bond acceptors (Lipinski definition) is 4. The number of hydrazone groups is 1. The van der Waals surface area contributed by atoms with E-state index in [4.69, 9.17) is 4.42 Å². The number of nitrogens with one attached hydrogen (secondary N) is 1. The predicted molar refractivity (Wildman–Crippen MR) is 99.1 cm³/mol. The number of nitrogens with zero attached hydrogens (tertiary/aromatic N) is 3. The van der Waals surface area contributed by atoms with E-state index < -0.39 is 6.04 Å². The Hall–Kier alpha value is -3.35. The summed E-state index contributed by atoms with van der Waals surface area (Å²) in [4.78, 5) is 30.7. The number of hydrogen-bond donors (Lipinski definition) is 1. The molecule has 4 heterocycles. The van der Waals surface area contributed by atoms with Gasteiger partial charge >= 0.3 is 0 Å². The maximum absolute atomic E-state index is 13.0. The molecule has 1 unspecified atom stereocenters. The molecule has 0 saturated carbocycles. The molecular weight excluding hydrogens is 344 g/mol. The molecule has 0 aliphatic carbocycles. The zero-order valence-electron chi connectivity index (χ0n) is 14.8. The number of benzene rings is 1. The maximum Gasteiger partial charge on any atom is 0.266 e. The lowest BCUT2D eigenvalue weighted by molar-refractivity contribution is -0.157. The van der Waals surface area contributed by atoms with Gasteiger partial charge in [0.25, 0.3) is 5.91 Å². The van der Waals surface area contributed by atoms with E-state index in [0.29, 0.717) is 18.7 Å². The van der Waals surface area contributed by atoms with Gasteiger partial charge in [-0.3, -0.25) is 9.59 Å². The fourth-order valence-electron chi connectivity index (χ4n) is 3.91. The Labute approximate surface area is 155 Å². The molecular formula is C20H18N4O3. The van der Waals surface area contributed by atoms with Crippen LogP contribution in [0.15, 0.2) is 45.9 Å². The number of aromatic amines is 1. The van der Waals surface area contributed by atoms with E-state index >= 15 is 0 Å². The summed E-state index contributed by atoms with van der Waals surface area (Å²) in [6.07, 6.45) is 1.98. The minimum atomic E-state index is -0.520. The van der Waals surface area contributed by atoms with E-state index in [2.05, 4.69) is 10.1 Å². The topological polar surface area (TPSA) is 81.9 Å². The van der Waals surface area contributed by atoms with Crippen molar-refractivity contribution < 1.29 is 14.0 Å². The molecule has 2 aliphatic heterocycles. The highest BCUT2D eigenvalue weighted by Gasteiger charge is 2.43. The fourth-order valence-corrected chi connectivity index (χ4v) is 3.91. The Morgan fingerprint density at radius 1 is 1.19 bits per heavy atom. The van der Waals surface area contributed by atoms with Crippen LogP contribution in [0.5, 0.6) is 0 Å². The van der Waals surface area contributed by atoms with E-state index in [0.717, 1.165) is 27.9 Å². The summed E-state index contributed by atoms with van der Waals surface area (Å²) in [7, 11) is 0. The predicted octanol–water partition coefficient (Wildman–Crippen LogP) is 2.20. The Balaban J connectivity index is 1.45. The van der Waals surface area contributed by atoms with Crippen molar-refractivity contribution in [3.8, 4) is 0 Å². The zero-order valence-corrected chi connectivity index (χ0v) is 14.8. The van der Waals surface area contributed by atoms with Crippen LogP contribution in [-0.2, 0) is 22.6 Å². The molecule has 2 aromatic heterocycles. The van der Waals surface area contributed by atoms with Gasteiger partial charge in [0, 0.05) is 23.0 Å². The fraction of sp³-hybridized carbons (Fsp3) is 0.250. The van der Waals surface area contributed by atoms with Crippen molar-refractivity contribution in [1.82, 2.24) is 14.9 Å². The highest BCUT2D eigenvalue weighted by molar-refractivity contribution is 5.97. The highest BCUT2D eigenvalue weighted by atomic mass is 16.3. The van der Waals surface area contributed by atoms with Crippen LogP contribution in [0, 0.1) is 6.92 Å². The average molecular weight is 362 g/mol. The number of furan rings is 1. The molecule has 2 aliphatic rings. The number of piperazine rings is 1. The van der Waals surface area contributed by atoms with E-state index in [1.807, 2.05) is 37.3 Å². The molecule has 0 bridgehead atoms. The summed E-state index contributed by atoms with van der Waals surface area (Å²) in [5.41, 5.74) is 3.16. The van der Waals surface area contributed by atoms with E-state index in [1.165, 1.54) is 11.2 Å². The average Bonchev–Trinajstić information content (AvgIpc) is 3.25. The van der Waals surface area contributed by atoms with Crippen molar-refractivity contribution in [3.05, 3.63) is 59.2 Å².